The molecule has 1 fully saturated rings. The third-order valence-corrected chi connectivity index (χ3v) is 4.98. The largest absolute Gasteiger partial charge is 0.497 e. The van der Waals surface area contributed by atoms with E-state index in [2.05, 4.69) is 10.4 Å². The number of rotatable bonds is 4. The first-order valence-corrected chi connectivity index (χ1v) is 8.93. The van der Waals surface area contributed by atoms with Crippen molar-refractivity contribution in [2.45, 2.75) is 18.9 Å². The van der Waals surface area contributed by atoms with Crippen LogP contribution in [0.5, 0.6) is 11.5 Å². The number of carbonyl (C=O) groups is 1. The second-order valence-electron chi connectivity index (χ2n) is 6.48. The van der Waals surface area contributed by atoms with Gasteiger partial charge < -0.3 is 14.4 Å². The average Bonchev–Trinajstić information content (AvgIpc) is 3.35. The molecule has 3 aromatic rings. The van der Waals surface area contributed by atoms with Crippen LogP contribution in [-0.2, 0) is 0 Å². The molecule has 140 valence electrons. The molecule has 0 spiro atoms. The maximum atomic E-state index is 13.0. The molecular formula is C20H22N4O3. The van der Waals surface area contributed by atoms with Crippen molar-refractivity contribution in [1.82, 2.24) is 14.6 Å². The molecule has 27 heavy (non-hydrogen) atoms. The molecule has 0 aliphatic carbocycles. The number of fused-ring (bicyclic) bond motifs is 1. The van der Waals surface area contributed by atoms with Crippen LogP contribution in [0.15, 0.2) is 48.8 Å². The number of carbonyl (C=O) groups excluding carboxylic acids is 1. The summed E-state index contributed by atoms with van der Waals surface area (Å²) in [7, 11) is 3.26. The number of likely N-dealkylation sites (tertiary alicyclic amines) is 1. The predicted molar refractivity (Wildman–Crippen MR) is 103 cm³/mol. The summed E-state index contributed by atoms with van der Waals surface area (Å²) in [5, 5.41) is 0. The molecule has 2 amide bonds. The number of hydrogen-bond acceptors (Lipinski definition) is 4. The van der Waals surface area contributed by atoms with Gasteiger partial charge in [-0.2, -0.15) is 0 Å². The Morgan fingerprint density at radius 1 is 1.19 bits per heavy atom. The average molecular weight is 366 g/mol. The first-order valence-electron chi connectivity index (χ1n) is 8.93. The summed E-state index contributed by atoms with van der Waals surface area (Å²) in [5.41, 5.74) is 5.63. The van der Waals surface area contributed by atoms with Gasteiger partial charge in [0, 0.05) is 18.2 Å². The van der Waals surface area contributed by atoms with Crippen molar-refractivity contribution in [3.63, 3.8) is 0 Å². The van der Waals surface area contributed by atoms with Crippen LogP contribution in [0.25, 0.3) is 11.0 Å². The summed E-state index contributed by atoms with van der Waals surface area (Å²) in [6.45, 7) is 0.693. The minimum absolute atomic E-state index is 0.0411. The van der Waals surface area contributed by atoms with Crippen LogP contribution < -0.4 is 14.9 Å². The fourth-order valence-corrected chi connectivity index (χ4v) is 3.64. The number of ether oxygens (including phenoxy) is 2. The quantitative estimate of drug-likeness (QED) is 0.767. The summed E-state index contributed by atoms with van der Waals surface area (Å²) in [6, 6.07) is 13.2. The number of nitrogens with zero attached hydrogens (tertiary/aromatic N) is 3. The Bertz CT molecular complexity index is 969. The summed E-state index contributed by atoms with van der Waals surface area (Å²) < 4.78 is 12.5. The van der Waals surface area contributed by atoms with Gasteiger partial charge in [0.05, 0.1) is 31.3 Å². The minimum atomic E-state index is -0.154. The van der Waals surface area contributed by atoms with E-state index in [4.69, 9.17) is 9.47 Å². The van der Waals surface area contributed by atoms with E-state index < -0.39 is 0 Å². The third kappa shape index (κ3) is 3.16. The molecule has 1 saturated heterocycles. The summed E-state index contributed by atoms with van der Waals surface area (Å²) >= 11 is 0. The van der Waals surface area contributed by atoms with Gasteiger partial charge in [-0.3, -0.25) is 0 Å². The molecule has 0 saturated carbocycles. The topological polar surface area (TPSA) is 68.6 Å². The van der Waals surface area contributed by atoms with Crippen LogP contribution in [0.3, 0.4) is 0 Å². The molecule has 0 bridgehead atoms. The molecule has 1 atom stereocenters. The summed E-state index contributed by atoms with van der Waals surface area (Å²) in [4.78, 5) is 19.1. The fourth-order valence-electron chi connectivity index (χ4n) is 3.64. The Morgan fingerprint density at radius 3 is 2.85 bits per heavy atom. The van der Waals surface area contributed by atoms with Crippen molar-refractivity contribution in [2.24, 2.45) is 0 Å². The van der Waals surface area contributed by atoms with Gasteiger partial charge >= 0.3 is 6.03 Å². The van der Waals surface area contributed by atoms with E-state index in [0.29, 0.717) is 6.54 Å². The van der Waals surface area contributed by atoms with Crippen LogP contribution in [-0.4, -0.2) is 41.4 Å². The smallest absolute Gasteiger partial charge is 0.337 e. The van der Waals surface area contributed by atoms with Crippen LogP contribution >= 0.6 is 0 Å². The molecule has 1 aliphatic rings. The highest BCUT2D eigenvalue weighted by atomic mass is 16.5. The molecule has 2 aromatic carbocycles. The number of benzene rings is 2. The fraction of sp³-hybridized carbons (Fsp3) is 0.300. The Balaban J connectivity index is 1.59. The van der Waals surface area contributed by atoms with Crippen molar-refractivity contribution in [2.75, 3.05) is 26.2 Å². The molecule has 7 nitrogen and oxygen atoms in total. The Kier molecular flexibility index (Phi) is 4.58. The molecule has 4 rings (SSSR count). The van der Waals surface area contributed by atoms with E-state index in [0.717, 1.165) is 40.9 Å². The maximum absolute atomic E-state index is 13.0. The molecule has 0 radical (unpaired) electrons. The Hall–Kier alpha value is -3.22. The predicted octanol–water partition coefficient (Wildman–Crippen LogP) is 3.55. The van der Waals surface area contributed by atoms with Crippen molar-refractivity contribution < 1.29 is 14.3 Å². The van der Waals surface area contributed by atoms with E-state index in [1.165, 1.54) is 0 Å². The number of urea groups is 1. The van der Waals surface area contributed by atoms with Crippen LogP contribution in [0, 0.1) is 0 Å². The van der Waals surface area contributed by atoms with E-state index in [1.54, 1.807) is 25.2 Å². The minimum Gasteiger partial charge on any atom is -0.497 e. The summed E-state index contributed by atoms with van der Waals surface area (Å²) in [6.07, 6.45) is 3.46. The third-order valence-electron chi connectivity index (χ3n) is 4.98. The monoisotopic (exact) mass is 366 g/mol. The van der Waals surface area contributed by atoms with E-state index in [-0.39, 0.29) is 12.1 Å². The van der Waals surface area contributed by atoms with Gasteiger partial charge in [-0.15, -0.1) is 0 Å². The van der Waals surface area contributed by atoms with Gasteiger partial charge in [-0.25, -0.2) is 19.9 Å². The zero-order valence-corrected chi connectivity index (χ0v) is 15.4. The molecule has 1 aromatic heterocycles. The SMILES string of the molecule is COc1ccc(C2CCCN2C(=O)Nn2cnc3ccccc32)c(OC)c1. The highest BCUT2D eigenvalue weighted by Crippen LogP contribution is 2.38. The molecule has 7 heteroatoms. The van der Waals surface area contributed by atoms with Gasteiger partial charge in [0.25, 0.3) is 0 Å². The van der Waals surface area contributed by atoms with Gasteiger partial charge in [-0.05, 0) is 37.1 Å². The number of aromatic nitrogens is 2. The number of nitrogens with one attached hydrogen (secondary N) is 1. The second-order valence-corrected chi connectivity index (χ2v) is 6.48. The van der Waals surface area contributed by atoms with Crippen LogP contribution in [0.1, 0.15) is 24.4 Å². The molecule has 1 aliphatic heterocycles. The molecule has 1 unspecified atom stereocenters. The lowest BCUT2D eigenvalue weighted by Gasteiger charge is -2.27. The zero-order valence-electron chi connectivity index (χ0n) is 15.4. The number of hydrogen-bond donors (Lipinski definition) is 1. The number of methoxy groups -OCH3 is 2. The van der Waals surface area contributed by atoms with Gasteiger partial charge in [-0.1, -0.05) is 12.1 Å². The van der Waals surface area contributed by atoms with E-state index in [9.17, 15) is 4.79 Å². The highest BCUT2D eigenvalue weighted by molar-refractivity contribution is 5.85. The Morgan fingerprint density at radius 2 is 2.04 bits per heavy atom. The van der Waals surface area contributed by atoms with E-state index >= 15 is 0 Å². The highest BCUT2D eigenvalue weighted by Gasteiger charge is 2.32. The van der Waals surface area contributed by atoms with Gasteiger partial charge in [0.1, 0.15) is 17.8 Å². The molecule has 1 N–H and O–H groups in total. The maximum Gasteiger partial charge on any atom is 0.337 e. The zero-order chi connectivity index (χ0) is 18.8. The van der Waals surface area contributed by atoms with Gasteiger partial charge in [0.2, 0.25) is 0 Å². The Labute approximate surface area is 157 Å². The lowest BCUT2D eigenvalue weighted by molar-refractivity contribution is 0.203. The second kappa shape index (κ2) is 7.19. The van der Waals surface area contributed by atoms with Crippen molar-refractivity contribution >= 4 is 17.1 Å². The van der Waals surface area contributed by atoms with E-state index in [1.807, 2.05) is 47.4 Å². The van der Waals surface area contributed by atoms with Crippen molar-refractivity contribution in [3.05, 3.63) is 54.4 Å². The normalized spacial score (nSPS) is 16.5. The first-order chi connectivity index (χ1) is 13.2. The van der Waals surface area contributed by atoms with Crippen molar-refractivity contribution in [3.8, 4) is 11.5 Å². The standard InChI is InChI=1S/C20H22N4O3/c1-26-14-9-10-15(19(12-14)27-2)17-8-5-11-23(17)20(25)22-24-13-21-16-6-3-4-7-18(16)24/h3-4,6-7,9-10,12-13,17H,5,8,11H2,1-2H3,(H,22,25). The van der Waals surface area contributed by atoms with Crippen LogP contribution in [0.4, 0.5) is 4.79 Å². The number of imidazole rings is 1. The molecule has 2 heterocycles. The molecular weight excluding hydrogens is 344 g/mol. The first kappa shape index (κ1) is 17.2. The number of para-hydroxylation sites is 2. The van der Waals surface area contributed by atoms with Crippen LogP contribution in [0.2, 0.25) is 0 Å². The number of amides is 2. The lowest BCUT2D eigenvalue weighted by Crippen LogP contribution is -2.38. The lowest BCUT2D eigenvalue weighted by atomic mass is 10.0. The van der Waals surface area contributed by atoms with Gasteiger partial charge in [0.15, 0.2) is 0 Å². The van der Waals surface area contributed by atoms with Crippen molar-refractivity contribution in [1.29, 1.82) is 0 Å². The summed E-state index contributed by atoms with van der Waals surface area (Å²) in [5.74, 6) is 1.46.